The van der Waals surface area contributed by atoms with Gasteiger partial charge in [-0.15, -0.1) is 0 Å². The summed E-state index contributed by atoms with van der Waals surface area (Å²) >= 11 is 0. The van der Waals surface area contributed by atoms with Crippen molar-refractivity contribution in [2.75, 3.05) is 51.3 Å². The minimum absolute atomic E-state index is 0.0203. The number of carbonyl (C=O) groups is 2. The number of methoxy groups -OCH3 is 1. The van der Waals surface area contributed by atoms with E-state index in [2.05, 4.69) is 56.0 Å². The Morgan fingerprint density at radius 1 is 0.971 bits per heavy atom. The highest BCUT2D eigenvalue weighted by atomic mass is 16.5. The van der Waals surface area contributed by atoms with Crippen LogP contribution in [0.15, 0.2) is 48.5 Å². The number of nitrogens with zero attached hydrogens (tertiary/aromatic N) is 3. The van der Waals surface area contributed by atoms with Crippen molar-refractivity contribution in [3.8, 4) is 5.75 Å². The molecule has 0 saturated carbocycles. The number of amides is 2. The summed E-state index contributed by atoms with van der Waals surface area (Å²) < 4.78 is 5.44. The van der Waals surface area contributed by atoms with E-state index in [-0.39, 0.29) is 23.7 Å². The molecule has 6 heteroatoms. The summed E-state index contributed by atoms with van der Waals surface area (Å²) in [5.41, 5.74) is 3.57. The minimum atomic E-state index is -0.228. The van der Waals surface area contributed by atoms with Crippen LogP contribution in [0.3, 0.4) is 0 Å². The topological polar surface area (TPSA) is 53.1 Å². The Morgan fingerprint density at radius 2 is 1.71 bits per heavy atom. The van der Waals surface area contributed by atoms with Gasteiger partial charge in [-0.25, -0.2) is 0 Å². The summed E-state index contributed by atoms with van der Waals surface area (Å²) in [7, 11) is 1.66. The van der Waals surface area contributed by atoms with E-state index in [0.717, 1.165) is 24.4 Å². The van der Waals surface area contributed by atoms with Crippen molar-refractivity contribution >= 4 is 17.5 Å². The van der Waals surface area contributed by atoms with Gasteiger partial charge in [-0.3, -0.25) is 9.59 Å². The van der Waals surface area contributed by atoms with Crippen LogP contribution in [-0.4, -0.2) is 68.0 Å². The third-order valence-electron chi connectivity index (χ3n) is 7.14. The van der Waals surface area contributed by atoms with E-state index in [4.69, 9.17) is 4.74 Å². The Bertz CT molecular complexity index is 1010. The van der Waals surface area contributed by atoms with Gasteiger partial charge >= 0.3 is 0 Å². The van der Waals surface area contributed by atoms with E-state index in [1.165, 1.54) is 11.3 Å². The Balaban J connectivity index is 1.50. The van der Waals surface area contributed by atoms with E-state index in [1.807, 2.05) is 28.0 Å². The van der Waals surface area contributed by atoms with Crippen LogP contribution in [0.1, 0.15) is 37.3 Å². The molecule has 0 bridgehead atoms. The number of para-hydroxylation sites is 1. The highest BCUT2D eigenvalue weighted by Gasteiger charge is 2.42. The van der Waals surface area contributed by atoms with E-state index >= 15 is 0 Å². The number of rotatable bonds is 6. The van der Waals surface area contributed by atoms with E-state index in [9.17, 15) is 9.59 Å². The predicted octanol–water partition coefficient (Wildman–Crippen LogP) is 3.94. The molecular formula is C28H37N3O3. The van der Waals surface area contributed by atoms with E-state index < -0.39 is 0 Å². The first-order valence-corrected chi connectivity index (χ1v) is 12.4. The van der Waals surface area contributed by atoms with E-state index in [0.29, 0.717) is 38.5 Å². The summed E-state index contributed by atoms with van der Waals surface area (Å²) in [6, 6.07) is 16.4. The lowest BCUT2D eigenvalue weighted by molar-refractivity contribution is -0.136. The largest absolute Gasteiger partial charge is 0.497 e. The van der Waals surface area contributed by atoms with Gasteiger partial charge in [-0.05, 0) is 42.2 Å². The fraction of sp³-hybridized carbons (Fsp3) is 0.500. The van der Waals surface area contributed by atoms with Crippen molar-refractivity contribution < 1.29 is 14.3 Å². The molecule has 182 valence electrons. The quantitative estimate of drug-likeness (QED) is 0.651. The molecule has 0 unspecified atom stereocenters. The van der Waals surface area contributed by atoms with Gasteiger partial charge in [-0.2, -0.15) is 0 Å². The molecule has 2 atom stereocenters. The average molecular weight is 464 g/mol. The molecule has 2 aliphatic heterocycles. The zero-order valence-corrected chi connectivity index (χ0v) is 20.9. The van der Waals surface area contributed by atoms with Crippen LogP contribution in [0.4, 0.5) is 5.69 Å². The molecule has 0 aromatic heterocycles. The number of carbonyl (C=O) groups excluding carboxylic acids is 2. The predicted molar refractivity (Wildman–Crippen MR) is 135 cm³/mol. The first kappa shape index (κ1) is 24.1. The van der Waals surface area contributed by atoms with Crippen molar-refractivity contribution in [2.45, 2.75) is 33.1 Å². The fourth-order valence-electron chi connectivity index (χ4n) is 5.27. The van der Waals surface area contributed by atoms with Gasteiger partial charge in [0, 0.05) is 57.3 Å². The van der Waals surface area contributed by atoms with Gasteiger partial charge in [0.05, 0.1) is 13.0 Å². The van der Waals surface area contributed by atoms with Gasteiger partial charge in [-0.1, -0.05) is 44.2 Å². The fourth-order valence-corrected chi connectivity index (χ4v) is 5.27. The molecule has 2 aromatic rings. The minimum Gasteiger partial charge on any atom is -0.497 e. The van der Waals surface area contributed by atoms with Crippen LogP contribution < -0.4 is 9.64 Å². The second-order valence-corrected chi connectivity index (χ2v) is 9.99. The zero-order valence-electron chi connectivity index (χ0n) is 20.9. The monoisotopic (exact) mass is 463 g/mol. The molecule has 34 heavy (non-hydrogen) atoms. The van der Waals surface area contributed by atoms with Crippen molar-refractivity contribution in [3.63, 3.8) is 0 Å². The van der Waals surface area contributed by atoms with Gasteiger partial charge in [0.1, 0.15) is 5.75 Å². The maximum Gasteiger partial charge on any atom is 0.228 e. The number of hydrogen-bond acceptors (Lipinski definition) is 4. The van der Waals surface area contributed by atoms with E-state index in [1.54, 1.807) is 7.11 Å². The molecule has 6 nitrogen and oxygen atoms in total. The Hall–Kier alpha value is -3.02. The molecule has 2 aromatic carbocycles. The number of anilines is 1. The smallest absolute Gasteiger partial charge is 0.228 e. The second kappa shape index (κ2) is 10.5. The molecule has 0 spiro atoms. The lowest BCUT2D eigenvalue weighted by Crippen LogP contribution is -2.51. The average Bonchev–Trinajstić information content (AvgIpc) is 3.29. The highest BCUT2D eigenvalue weighted by molar-refractivity contribution is 5.84. The summed E-state index contributed by atoms with van der Waals surface area (Å²) in [6.07, 6.45) is 0.515. The number of benzene rings is 2. The highest BCUT2D eigenvalue weighted by Crippen LogP contribution is 2.36. The van der Waals surface area contributed by atoms with Gasteiger partial charge < -0.3 is 19.4 Å². The third kappa shape index (κ3) is 5.21. The summed E-state index contributed by atoms with van der Waals surface area (Å²) in [6.45, 7) is 10.4. The molecule has 0 aliphatic carbocycles. The number of aryl methyl sites for hydroxylation is 1. The van der Waals surface area contributed by atoms with Crippen molar-refractivity contribution in [1.29, 1.82) is 0 Å². The summed E-state index contributed by atoms with van der Waals surface area (Å²) in [5, 5.41) is 0. The molecule has 2 saturated heterocycles. The first-order chi connectivity index (χ1) is 16.4. The van der Waals surface area contributed by atoms with Crippen molar-refractivity contribution in [3.05, 3.63) is 59.7 Å². The molecular weight excluding hydrogens is 426 g/mol. The Morgan fingerprint density at radius 3 is 2.38 bits per heavy atom. The van der Waals surface area contributed by atoms with Gasteiger partial charge in [0.2, 0.25) is 11.8 Å². The van der Waals surface area contributed by atoms with Crippen LogP contribution in [0.2, 0.25) is 0 Å². The molecule has 0 N–H and O–H groups in total. The van der Waals surface area contributed by atoms with Crippen LogP contribution >= 0.6 is 0 Å². The van der Waals surface area contributed by atoms with Gasteiger partial charge in [0.25, 0.3) is 0 Å². The van der Waals surface area contributed by atoms with Crippen molar-refractivity contribution in [2.24, 2.45) is 11.8 Å². The first-order valence-electron chi connectivity index (χ1n) is 12.4. The van der Waals surface area contributed by atoms with Crippen LogP contribution in [0.5, 0.6) is 5.75 Å². The molecule has 2 fully saturated rings. The molecule has 0 radical (unpaired) electrons. The van der Waals surface area contributed by atoms with Crippen LogP contribution in [0.25, 0.3) is 0 Å². The summed E-state index contributed by atoms with van der Waals surface area (Å²) in [5.74, 6) is 1.13. The second-order valence-electron chi connectivity index (χ2n) is 9.99. The molecule has 2 aliphatic rings. The maximum absolute atomic E-state index is 13.8. The standard InChI is InChI=1S/C28H37N3O3/c1-20(2)16-27(32)31-18-24(22-9-7-10-23(17-22)34-4)25(19-31)28(33)30-14-12-29(13-15-30)26-11-6-5-8-21(26)3/h5-11,17,20,24-25H,12-16,18-19H2,1-4H3/t24-,25-/m0/s1. The SMILES string of the molecule is COc1cccc([C@@H]2CN(C(=O)CC(C)C)C[C@@H]2C(=O)N2CCN(c3ccccc3C)CC2)c1. The normalized spacial score (nSPS) is 20.7. The number of piperazine rings is 1. The summed E-state index contributed by atoms with van der Waals surface area (Å²) in [4.78, 5) is 32.9. The van der Waals surface area contributed by atoms with Gasteiger partial charge in [0.15, 0.2) is 0 Å². The lowest BCUT2D eigenvalue weighted by atomic mass is 9.87. The number of likely N-dealkylation sites (tertiary alicyclic amines) is 1. The Labute approximate surface area is 203 Å². The van der Waals surface area contributed by atoms with Crippen LogP contribution in [-0.2, 0) is 9.59 Å². The third-order valence-corrected chi connectivity index (χ3v) is 7.14. The van der Waals surface area contributed by atoms with Crippen molar-refractivity contribution in [1.82, 2.24) is 9.80 Å². The number of hydrogen-bond donors (Lipinski definition) is 0. The lowest BCUT2D eigenvalue weighted by Gasteiger charge is -2.38. The molecule has 2 amide bonds. The maximum atomic E-state index is 13.8. The molecule has 2 heterocycles. The Kier molecular flexibility index (Phi) is 7.44. The van der Waals surface area contributed by atoms with Crippen LogP contribution in [0, 0.1) is 18.8 Å². The number of ether oxygens (including phenoxy) is 1. The molecule has 4 rings (SSSR count). The zero-order chi connectivity index (χ0) is 24.2.